The average Bonchev–Trinajstić information content (AvgIpc) is 2.78. The third-order valence-electron chi connectivity index (χ3n) is 3.29. The van der Waals surface area contributed by atoms with Gasteiger partial charge in [0.05, 0.1) is 13.0 Å². The fourth-order valence-corrected chi connectivity index (χ4v) is 2.30. The van der Waals surface area contributed by atoms with Crippen molar-refractivity contribution in [2.75, 3.05) is 6.54 Å². The van der Waals surface area contributed by atoms with Crippen LogP contribution in [0.5, 0.6) is 0 Å². The molecule has 1 aliphatic rings. The highest BCUT2D eigenvalue weighted by atomic mass is 19.4. The molecule has 2 rings (SSSR count). The van der Waals surface area contributed by atoms with E-state index in [1.165, 1.54) is 0 Å². The van der Waals surface area contributed by atoms with Crippen LogP contribution >= 0.6 is 0 Å². The van der Waals surface area contributed by atoms with Gasteiger partial charge in [0.2, 0.25) is 11.7 Å². The number of carbonyl (C=O) groups is 1. The molecule has 1 aromatic rings. The normalized spacial score (nSPS) is 17.1. The summed E-state index contributed by atoms with van der Waals surface area (Å²) in [5.41, 5.74) is 5.27. The summed E-state index contributed by atoms with van der Waals surface area (Å²) in [5, 5.41) is 6.43. The van der Waals surface area contributed by atoms with E-state index in [4.69, 9.17) is 5.73 Å². The molecule has 0 aromatic carbocycles. The summed E-state index contributed by atoms with van der Waals surface area (Å²) in [4.78, 5) is 13.0. The van der Waals surface area contributed by atoms with Gasteiger partial charge in [-0.3, -0.25) is 4.79 Å². The van der Waals surface area contributed by atoms with Crippen LogP contribution in [0.3, 0.4) is 0 Å². The van der Waals surface area contributed by atoms with E-state index in [0.717, 1.165) is 9.47 Å². The number of fused-ring (bicyclic) bond motifs is 1. The van der Waals surface area contributed by atoms with E-state index in [2.05, 4.69) is 10.2 Å². The number of halogens is 6. The van der Waals surface area contributed by atoms with Crippen LogP contribution in [0.15, 0.2) is 0 Å². The Hall–Kier alpha value is -1.85. The predicted octanol–water partition coefficient (Wildman–Crippen LogP) is 1.31. The lowest BCUT2D eigenvalue weighted by Gasteiger charge is -2.29. The van der Waals surface area contributed by atoms with Crippen molar-refractivity contribution in [2.24, 2.45) is 5.73 Å². The molecular weight excluding hydrogens is 332 g/mol. The fourth-order valence-electron chi connectivity index (χ4n) is 2.30. The first-order valence-corrected chi connectivity index (χ1v) is 6.57. The largest absolute Gasteiger partial charge is 0.451 e. The molecule has 1 aromatic heterocycles. The molecule has 6 nitrogen and oxygen atoms in total. The number of hydrogen-bond acceptors (Lipinski definition) is 4. The monoisotopic (exact) mass is 345 g/mol. The van der Waals surface area contributed by atoms with Crippen LogP contribution < -0.4 is 5.73 Å². The molecule has 0 spiro atoms. The molecule has 0 radical (unpaired) electrons. The molecule has 0 saturated heterocycles. The zero-order valence-electron chi connectivity index (χ0n) is 11.7. The first kappa shape index (κ1) is 17.5. The minimum atomic E-state index is -4.66. The Labute approximate surface area is 126 Å². The van der Waals surface area contributed by atoms with Crippen LogP contribution in [0.1, 0.15) is 24.5 Å². The number of nitrogens with two attached hydrogens (primary N) is 1. The molecule has 23 heavy (non-hydrogen) atoms. The number of rotatable bonds is 3. The van der Waals surface area contributed by atoms with Crippen molar-refractivity contribution < 1.29 is 31.1 Å². The topological polar surface area (TPSA) is 77.0 Å². The van der Waals surface area contributed by atoms with Crippen molar-refractivity contribution in [3.63, 3.8) is 0 Å². The second-order valence-corrected chi connectivity index (χ2v) is 5.19. The molecule has 2 N–H and O–H groups in total. The van der Waals surface area contributed by atoms with Crippen molar-refractivity contribution in [3.8, 4) is 0 Å². The van der Waals surface area contributed by atoms with E-state index in [-0.39, 0.29) is 25.5 Å². The van der Waals surface area contributed by atoms with Crippen molar-refractivity contribution >= 4 is 5.91 Å². The van der Waals surface area contributed by atoms with Crippen LogP contribution in [-0.4, -0.2) is 44.3 Å². The number of carbonyl (C=O) groups excluding carboxylic acids is 1. The van der Waals surface area contributed by atoms with Gasteiger partial charge in [-0.1, -0.05) is 0 Å². The van der Waals surface area contributed by atoms with Gasteiger partial charge < -0.3 is 15.2 Å². The van der Waals surface area contributed by atoms with Gasteiger partial charge in [-0.25, -0.2) is 0 Å². The van der Waals surface area contributed by atoms with Gasteiger partial charge in [0.25, 0.3) is 0 Å². The highest BCUT2D eigenvalue weighted by Gasteiger charge is 2.40. The molecule has 0 aliphatic carbocycles. The third kappa shape index (κ3) is 4.33. The molecule has 12 heteroatoms. The van der Waals surface area contributed by atoms with E-state index in [0.29, 0.717) is 0 Å². The number of amides is 1. The van der Waals surface area contributed by atoms with Crippen molar-refractivity contribution in [3.05, 3.63) is 11.6 Å². The first-order chi connectivity index (χ1) is 10.5. The Bertz CT molecular complexity index is 580. The number of nitrogens with zero attached hydrogens (tertiary/aromatic N) is 4. The van der Waals surface area contributed by atoms with Crippen LogP contribution in [0, 0.1) is 0 Å². The zero-order chi connectivity index (χ0) is 17.4. The summed E-state index contributed by atoms with van der Waals surface area (Å²) < 4.78 is 75.4. The summed E-state index contributed by atoms with van der Waals surface area (Å²) in [6.07, 6.45) is -11.0. The van der Waals surface area contributed by atoms with Gasteiger partial charge >= 0.3 is 12.4 Å². The van der Waals surface area contributed by atoms with E-state index >= 15 is 0 Å². The third-order valence-corrected chi connectivity index (χ3v) is 3.29. The van der Waals surface area contributed by atoms with Crippen molar-refractivity contribution in [2.45, 2.75) is 44.3 Å². The maximum absolute atomic E-state index is 12.7. The maximum Gasteiger partial charge on any atom is 0.451 e. The summed E-state index contributed by atoms with van der Waals surface area (Å²) in [7, 11) is 0. The standard InChI is InChI=1S/C11H13F6N5O/c12-10(13,14)4-6(18)3-8(23)21-1-2-22-7(5-21)19-20-9(22)11(15,16)17/h6H,1-5,18H2. The number of aromatic nitrogens is 3. The van der Waals surface area contributed by atoms with E-state index in [1.54, 1.807) is 0 Å². The Balaban J connectivity index is 2.00. The molecule has 1 amide bonds. The molecule has 0 bridgehead atoms. The Morgan fingerprint density at radius 2 is 1.83 bits per heavy atom. The summed E-state index contributed by atoms with van der Waals surface area (Å²) >= 11 is 0. The number of alkyl halides is 6. The van der Waals surface area contributed by atoms with Crippen LogP contribution in [-0.2, 0) is 24.1 Å². The molecular formula is C11H13F6N5O. The molecule has 0 fully saturated rings. The minimum absolute atomic E-state index is 0.0682. The number of hydrogen-bond donors (Lipinski definition) is 1. The molecule has 130 valence electrons. The van der Waals surface area contributed by atoms with Gasteiger partial charge in [0, 0.05) is 25.6 Å². The van der Waals surface area contributed by atoms with Crippen LogP contribution in [0.2, 0.25) is 0 Å². The molecule has 2 heterocycles. The van der Waals surface area contributed by atoms with E-state index < -0.39 is 43.0 Å². The maximum atomic E-state index is 12.7. The summed E-state index contributed by atoms with van der Waals surface area (Å²) in [6, 6.07) is -1.40. The second-order valence-electron chi connectivity index (χ2n) is 5.19. The predicted molar refractivity (Wildman–Crippen MR) is 63.7 cm³/mol. The lowest BCUT2D eigenvalue weighted by molar-refractivity contribution is -0.148. The quantitative estimate of drug-likeness (QED) is 0.838. The highest BCUT2D eigenvalue weighted by Crippen LogP contribution is 2.29. The molecule has 1 unspecified atom stereocenters. The zero-order valence-corrected chi connectivity index (χ0v) is 11.7. The first-order valence-electron chi connectivity index (χ1n) is 6.57. The van der Waals surface area contributed by atoms with Gasteiger partial charge in [-0.05, 0) is 0 Å². The Morgan fingerprint density at radius 1 is 1.17 bits per heavy atom. The van der Waals surface area contributed by atoms with Gasteiger partial charge in [0.15, 0.2) is 5.82 Å². The molecule has 1 aliphatic heterocycles. The van der Waals surface area contributed by atoms with Gasteiger partial charge in [-0.2, -0.15) is 26.3 Å². The van der Waals surface area contributed by atoms with Crippen LogP contribution in [0.25, 0.3) is 0 Å². The average molecular weight is 345 g/mol. The van der Waals surface area contributed by atoms with Gasteiger partial charge in [0.1, 0.15) is 0 Å². The molecule has 1 atom stereocenters. The van der Waals surface area contributed by atoms with E-state index in [9.17, 15) is 31.1 Å². The Kier molecular flexibility index (Phi) is 4.55. The van der Waals surface area contributed by atoms with Gasteiger partial charge in [-0.15, -0.1) is 10.2 Å². The second kappa shape index (κ2) is 5.98. The van der Waals surface area contributed by atoms with Crippen molar-refractivity contribution in [1.29, 1.82) is 0 Å². The smallest absolute Gasteiger partial charge is 0.333 e. The lowest BCUT2D eigenvalue weighted by Crippen LogP contribution is -2.42. The van der Waals surface area contributed by atoms with E-state index in [1.807, 2.05) is 0 Å². The highest BCUT2D eigenvalue weighted by molar-refractivity contribution is 5.76. The fraction of sp³-hybridized carbons (Fsp3) is 0.727. The summed E-state index contributed by atoms with van der Waals surface area (Å²) in [5.74, 6) is -1.89. The van der Waals surface area contributed by atoms with Crippen molar-refractivity contribution in [1.82, 2.24) is 19.7 Å². The summed E-state index contributed by atoms with van der Waals surface area (Å²) in [6.45, 7) is -0.510. The Morgan fingerprint density at radius 3 is 2.39 bits per heavy atom. The molecule has 0 saturated carbocycles. The lowest BCUT2D eigenvalue weighted by atomic mass is 10.1. The minimum Gasteiger partial charge on any atom is -0.333 e. The SMILES string of the molecule is NC(CC(=O)N1CCn2c(nnc2C(F)(F)F)C1)CC(F)(F)F. The van der Waals surface area contributed by atoms with Crippen LogP contribution in [0.4, 0.5) is 26.3 Å².